The fourth-order valence-electron chi connectivity index (χ4n) is 3.23. The third kappa shape index (κ3) is 3.90. The Balaban J connectivity index is 1.65. The van der Waals surface area contributed by atoms with Gasteiger partial charge in [0.1, 0.15) is 11.9 Å². The zero-order chi connectivity index (χ0) is 18.6. The van der Waals surface area contributed by atoms with Crippen molar-refractivity contribution in [3.05, 3.63) is 101 Å². The molecule has 0 aliphatic heterocycles. The lowest BCUT2D eigenvalue weighted by Crippen LogP contribution is -2.31. The quantitative estimate of drug-likeness (QED) is 0.560. The zero-order valence-corrected chi connectivity index (χ0v) is 15.1. The molecule has 3 aromatic carbocycles. The number of hydrogen-bond donors (Lipinski definition) is 2. The van der Waals surface area contributed by atoms with Crippen molar-refractivity contribution in [1.82, 2.24) is 15.3 Å². The standard InChI is InChI=1S/C23H21N3O/c1-16-12-13-19-20(14-16)25-23(24-19)22(18-10-6-3-7-11-18)26-21(27)15-17-8-4-2-5-9-17/h2-14,22H,15H2,1H3,(H,24,25)(H,26,27). The summed E-state index contributed by atoms with van der Waals surface area (Å²) in [6.07, 6.45) is 0.337. The van der Waals surface area contributed by atoms with Gasteiger partial charge < -0.3 is 10.3 Å². The second kappa shape index (κ2) is 7.46. The van der Waals surface area contributed by atoms with Gasteiger partial charge in [-0.25, -0.2) is 4.98 Å². The van der Waals surface area contributed by atoms with Crippen LogP contribution in [-0.4, -0.2) is 15.9 Å². The fourth-order valence-corrected chi connectivity index (χ4v) is 3.23. The van der Waals surface area contributed by atoms with E-state index in [-0.39, 0.29) is 11.9 Å². The number of amides is 1. The van der Waals surface area contributed by atoms with Crippen LogP contribution in [0.4, 0.5) is 0 Å². The molecule has 0 fully saturated rings. The minimum atomic E-state index is -0.324. The third-order valence-electron chi connectivity index (χ3n) is 4.57. The van der Waals surface area contributed by atoms with Gasteiger partial charge in [-0.1, -0.05) is 66.7 Å². The number of carbonyl (C=O) groups is 1. The van der Waals surface area contributed by atoms with Crippen molar-refractivity contribution in [2.24, 2.45) is 0 Å². The number of imidazole rings is 1. The van der Waals surface area contributed by atoms with Gasteiger partial charge >= 0.3 is 0 Å². The second-order valence-electron chi connectivity index (χ2n) is 6.72. The molecule has 0 saturated carbocycles. The highest BCUT2D eigenvalue weighted by Gasteiger charge is 2.20. The molecule has 0 saturated heterocycles. The van der Waals surface area contributed by atoms with Crippen LogP contribution in [-0.2, 0) is 11.2 Å². The minimum Gasteiger partial charge on any atom is -0.342 e. The lowest BCUT2D eigenvalue weighted by Gasteiger charge is -2.17. The van der Waals surface area contributed by atoms with Gasteiger partial charge in [0.2, 0.25) is 5.91 Å². The number of H-pyrrole nitrogens is 1. The lowest BCUT2D eigenvalue weighted by molar-refractivity contribution is -0.121. The molecule has 0 radical (unpaired) electrons. The molecule has 0 aliphatic carbocycles. The van der Waals surface area contributed by atoms with Gasteiger partial charge in [0.05, 0.1) is 17.5 Å². The highest BCUT2D eigenvalue weighted by Crippen LogP contribution is 2.23. The molecule has 4 nitrogen and oxygen atoms in total. The van der Waals surface area contributed by atoms with Gasteiger partial charge in [-0.3, -0.25) is 4.79 Å². The number of hydrogen-bond acceptors (Lipinski definition) is 2. The molecule has 1 aromatic heterocycles. The van der Waals surface area contributed by atoms with Crippen LogP contribution in [0.1, 0.15) is 28.6 Å². The SMILES string of the molecule is Cc1ccc2nc(C(NC(=O)Cc3ccccc3)c3ccccc3)[nH]c2c1. The molecule has 4 heteroatoms. The summed E-state index contributed by atoms with van der Waals surface area (Å²) >= 11 is 0. The topological polar surface area (TPSA) is 57.8 Å². The molecule has 27 heavy (non-hydrogen) atoms. The molecule has 1 atom stereocenters. The zero-order valence-electron chi connectivity index (χ0n) is 15.1. The second-order valence-corrected chi connectivity index (χ2v) is 6.72. The van der Waals surface area contributed by atoms with Crippen LogP contribution in [0.5, 0.6) is 0 Å². The Kier molecular flexibility index (Phi) is 4.71. The average molecular weight is 355 g/mol. The monoisotopic (exact) mass is 355 g/mol. The summed E-state index contributed by atoms with van der Waals surface area (Å²) in [6, 6.07) is 25.5. The Labute approximate surface area is 158 Å². The number of nitrogens with one attached hydrogen (secondary N) is 2. The van der Waals surface area contributed by atoms with Crippen molar-refractivity contribution in [3.63, 3.8) is 0 Å². The summed E-state index contributed by atoms with van der Waals surface area (Å²) in [7, 11) is 0. The van der Waals surface area contributed by atoms with Gasteiger partial charge in [-0.2, -0.15) is 0 Å². The van der Waals surface area contributed by atoms with Gasteiger partial charge in [0.25, 0.3) is 0 Å². The van der Waals surface area contributed by atoms with Crippen molar-refractivity contribution in [2.75, 3.05) is 0 Å². The van der Waals surface area contributed by atoms with E-state index in [0.29, 0.717) is 6.42 Å². The molecule has 134 valence electrons. The van der Waals surface area contributed by atoms with Crippen LogP contribution in [0.25, 0.3) is 11.0 Å². The van der Waals surface area contributed by atoms with Crippen molar-refractivity contribution in [3.8, 4) is 0 Å². The molecule has 0 bridgehead atoms. The number of nitrogens with zero attached hydrogens (tertiary/aromatic N) is 1. The summed E-state index contributed by atoms with van der Waals surface area (Å²) in [5.41, 5.74) is 5.02. The molecule has 1 unspecified atom stereocenters. The predicted octanol–water partition coefficient (Wildman–Crippen LogP) is 4.32. The molecule has 1 amide bonds. The first-order chi connectivity index (χ1) is 13.2. The minimum absolute atomic E-state index is 0.0355. The Hall–Kier alpha value is -3.40. The molecule has 0 spiro atoms. The van der Waals surface area contributed by atoms with Crippen LogP contribution in [0.2, 0.25) is 0 Å². The van der Waals surface area contributed by atoms with E-state index in [1.54, 1.807) is 0 Å². The summed E-state index contributed by atoms with van der Waals surface area (Å²) in [6.45, 7) is 2.05. The number of aryl methyl sites for hydroxylation is 1. The number of carbonyl (C=O) groups excluding carboxylic acids is 1. The van der Waals surface area contributed by atoms with E-state index < -0.39 is 0 Å². The number of fused-ring (bicyclic) bond motifs is 1. The van der Waals surface area contributed by atoms with Crippen molar-refractivity contribution >= 4 is 16.9 Å². The first kappa shape index (κ1) is 17.0. The van der Waals surface area contributed by atoms with Crippen LogP contribution >= 0.6 is 0 Å². The third-order valence-corrected chi connectivity index (χ3v) is 4.57. The molecule has 2 N–H and O–H groups in total. The summed E-state index contributed by atoms with van der Waals surface area (Å²) < 4.78 is 0. The summed E-state index contributed by atoms with van der Waals surface area (Å²) in [4.78, 5) is 20.8. The Morgan fingerprint density at radius 3 is 2.44 bits per heavy atom. The van der Waals surface area contributed by atoms with E-state index in [1.807, 2.05) is 72.8 Å². The summed E-state index contributed by atoms with van der Waals surface area (Å²) in [5, 5.41) is 3.14. The van der Waals surface area contributed by atoms with Crippen LogP contribution in [0.3, 0.4) is 0 Å². The number of rotatable bonds is 5. The molecule has 0 aliphatic rings. The number of aromatic nitrogens is 2. The Morgan fingerprint density at radius 1 is 1.00 bits per heavy atom. The van der Waals surface area contributed by atoms with Gasteiger partial charge in [-0.15, -0.1) is 0 Å². The predicted molar refractivity (Wildman–Crippen MR) is 107 cm³/mol. The van der Waals surface area contributed by atoms with Crippen LogP contribution in [0.15, 0.2) is 78.9 Å². The average Bonchev–Trinajstić information content (AvgIpc) is 3.10. The van der Waals surface area contributed by atoms with E-state index >= 15 is 0 Å². The Morgan fingerprint density at radius 2 is 1.70 bits per heavy atom. The highest BCUT2D eigenvalue weighted by molar-refractivity contribution is 5.80. The molecule has 1 heterocycles. The van der Waals surface area contributed by atoms with E-state index in [1.165, 1.54) is 5.56 Å². The first-order valence-corrected chi connectivity index (χ1v) is 9.03. The maximum absolute atomic E-state index is 12.7. The van der Waals surface area contributed by atoms with E-state index in [2.05, 4.69) is 23.3 Å². The highest BCUT2D eigenvalue weighted by atomic mass is 16.1. The molecule has 4 aromatic rings. The number of aromatic amines is 1. The van der Waals surface area contributed by atoms with Gasteiger partial charge in [0, 0.05) is 0 Å². The van der Waals surface area contributed by atoms with E-state index in [9.17, 15) is 4.79 Å². The van der Waals surface area contributed by atoms with Gasteiger partial charge in [-0.05, 0) is 35.7 Å². The van der Waals surface area contributed by atoms with Crippen LogP contribution < -0.4 is 5.32 Å². The number of benzene rings is 3. The van der Waals surface area contributed by atoms with Crippen molar-refractivity contribution < 1.29 is 4.79 Å². The maximum atomic E-state index is 12.7. The summed E-state index contributed by atoms with van der Waals surface area (Å²) in [5.74, 6) is 0.704. The van der Waals surface area contributed by atoms with E-state index in [4.69, 9.17) is 4.98 Å². The van der Waals surface area contributed by atoms with Crippen molar-refractivity contribution in [2.45, 2.75) is 19.4 Å². The van der Waals surface area contributed by atoms with Crippen LogP contribution in [0, 0.1) is 6.92 Å². The van der Waals surface area contributed by atoms with E-state index in [0.717, 1.165) is 28.0 Å². The lowest BCUT2D eigenvalue weighted by atomic mass is 10.1. The molecular weight excluding hydrogens is 334 g/mol. The smallest absolute Gasteiger partial charge is 0.225 e. The van der Waals surface area contributed by atoms with Crippen molar-refractivity contribution in [1.29, 1.82) is 0 Å². The largest absolute Gasteiger partial charge is 0.342 e. The first-order valence-electron chi connectivity index (χ1n) is 9.03. The normalized spacial score (nSPS) is 12.0. The maximum Gasteiger partial charge on any atom is 0.225 e. The van der Waals surface area contributed by atoms with Gasteiger partial charge in [0.15, 0.2) is 0 Å². The fraction of sp³-hybridized carbons (Fsp3) is 0.130. The molecule has 4 rings (SSSR count). The Bertz CT molecular complexity index is 1050. The molecular formula is C23H21N3O.